The molecule has 30 heavy (non-hydrogen) atoms. The van der Waals surface area contributed by atoms with E-state index in [9.17, 15) is 4.79 Å². The molecule has 0 N–H and O–H groups in total. The van der Waals surface area contributed by atoms with Gasteiger partial charge in [0.05, 0.1) is 10.2 Å². The maximum Gasteiger partial charge on any atom is 0.274 e. The number of carbonyl (C=O) groups is 1. The third kappa shape index (κ3) is 4.65. The van der Waals surface area contributed by atoms with E-state index in [1.807, 2.05) is 23.1 Å². The lowest BCUT2D eigenvalue weighted by Gasteiger charge is -2.31. The van der Waals surface area contributed by atoms with E-state index in [-0.39, 0.29) is 12.0 Å². The molecule has 3 aromatic rings. The molecule has 1 saturated heterocycles. The first-order valence-corrected chi connectivity index (χ1v) is 12.2. The molecule has 1 fully saturated rings. The topological polar surface area (TPSA) is 42.4 Å². The Labute approximate surface area is 186 Å². The molecule has 0 bridgehead atoms. The van der Waals surface area contributed by atoms with Crippen molar-refractivity contribution >= 4 is 39.2 Å². The van der Waals surface area contributed by atoms with Crippen LogP contribution < -0.4 is 4.74 Å². The number of amides is 1. The number of aromatic nitrogens is 1. The van der Waals surface area contributed by atoms with Crippen molar-refractivity contribution in [3.05, 3.63) is 53.1 Å². The van der Waals surface area contributed by atoms with Crippen LogP contribution in [0.15, 0.2) is 41.3 Å². The molecular formula is C24H28N2O2S2. The van der Waals surface area contributed by atoms with E-state index < -0.39 is 0 Å². The fraction of sp³-hybridized carbons (Fsp3) is 0.417. The summed E-state index contributed by atoms with van der Waals surface area (Å²) in [5.41, 5.74) is 4.24. The van der Waals surface area contributed by atoms with Crippen LogP contribution in [0.4, 0.5) is 0 Å². The second-order valence-corrected chi connectivity index (χ2v) is 10.8. The van der Waals surface area contributed by atoms with Gasteiger partial charge < -0.3 is 9.64 Å². The minimum absolute atomic E-state index is 0.109. The third-order valence-electron chi connectivity index (χ3n) is 5.37. The van der Waals surface area contributed by atoms with Gasteiger partial charge >= 0.3 is 0 Å². The van der Waals surface area contributed by atoms with E-state index >= 15 is 0 Å². The summed E-state index contributed by atoms with van der Waals surface area (Å²) in [6, 6.07) is 12.2. The molecule has 0 radical (unpaired) electrons. The van der Waals surface area contributed by atoms with Gasteiger partial charge in [0, 0.05) is 41.6 Å². The lowest BCUT2D eigenvalue weighted by atomic mass is 10.1. The van der Waals surface area contributed by atoms with Crippen molar-refractivity contribution in [2.24, 2.45) is 0 Å². The second kappa shape index (κ2) is 8.98. The summed E-state index contributed by atoms with van der Waals surface area (Å²) in [7, 11) is 0. The normalized spacial score (nSPS) is 15.2. The first kappa shape index (κ1) is 21.2. The SMILES string of the molecule is Cc1ccc(C)c2sc(OC3CCN(C(=O)c4cccc(SC(C)C)c4)CC3)nc12. The number of piperidine rings is 1. The average molecular weight is 441 g/mol. The number of thioether (sulfide) groups is 1. The zero-order valence-corrected chi connectivity index (χ0v) is 19.6. The maximum atomic E-state index is 13.0. The van der Waals surface area contributed by atoms with Crippen LogP contribution in [0.25, 0.3) is 10.2 Å². The second-order valence-electron chi connectivity index (χ2n) is 8.16. The molecule has 4 rings (SSSR count). The van der Waals surface area contributed by atoms with Crippen molar-refractivity contribution in [2.45, 2.75) is 56.8 Å². The van der Waals surface area contributed by atoms with Crippen LogP contribution in [0.5, 0.6) is 5.19 Å². The molecule has 4 nitrogen and oxygen atoms in total. The number of ether oxygens (including phenoxy) is 1. The molecule has 1 aliphatic rings. The Morgan fingerprint density at radius 1 is 1.17 bits per heavy atom. The fourth-order valence-corrected chi connectivity index (χ4v) is 5.69. The van der Waals surface area contributed by atoms with Gasteiger partial charge in [-0.05, 0) is 43.2 Å². The Balaban J connectivity index is 1.38. The average Bonchev–Trinajstić information content (AvgIpc) is 3.16. The molecule has 2 aromatic carbocycles. The number of rotatable bonds is 5. The van der Waals surface area contributed by atoms with Crippen molar-refractivity contribution in [1.82, 2.24) is 9.88 Å². The summed E-state index contributed by atoms with van der Waals surface area (Å²) in [6.45, 7) is 9.96. The number of hydrogen-bond donors (Lipinski definition) is 0. The first-order chi connectivity index (χ1) is 14.4. The summed E-state index contributed by atoms with van der Waals surface area (Å²) in [4.78, 5) is 20.8. The lowest BCUT2D eigenvalue weighted by molar-refractivity contribution is 0.0595. The highest BCUT2D eigenvalue weighted by molar-refractivity contribution is 7.99. The van der Waals surface area contributed by atoms with E-state index in [2.05, 4.69) is 45.9 Å². The zero-order valence-electron chi connectivity index (χ0n) is 18.0. The van der Waals surface area contributed by atoms with Crippen LogP contribution >= 0.6 is 23.1 Å². The van der Waals surface area contributed by atoms with Gasteiger partial charge in [0.1, 0.15) is 6.10 Å². The molecule has 0 aliphatic carbocycles. The predicted molar refractivity (Wildman–Crippen MR) is 126 cm³/mol. The van der Waals surface area contributed by atoms with Crippen molar-refractivity contribution in [3.63, 3.8) is 0 Å². The van der Waals surface area contributed by atoms with E-state index in [4.69, 9.17) is 9.72 Å². The number of fused-ring (bicyclic) bond motifs is 1. The van der Waals surface area contributed by atoms with Gasteiger partial charge in [-0.1, -0.05) is 43.4 Å². The smallest absolute Gasteiger partial charge is 0.274 e. The Hall–Kier alpha value is -2.05. The van der Waals surface area contributed by atoms with Gasteiger partial charge in [-0.3, -0.25) is 4.79 Å². The van der Waals surface area contributed by atoms with Crippen molar-refractivity contribution in [2.75, 3.05) is 13.1 Å². The molecule has 1 aliphatic heterocycles. The number of carbonyl (C=O) groups excluding carboxylic acids is 1. The van der Waals surface area contributed by atoms with Crippen LogP contribution in [0.1, 0.15) is 48.2 Å². The van der Waals surface area contributed by atoms with Gasteiger partial charge in [-0.15, -0.1) is 11.8 Å². The third-order valence-corrected chi connectivity index (χ3v) is 7.45. The quantitative estimate of drug-likeness (QED) is 0.450. The van der Waals surface area contributed by atoms with Gasteiger partial charge in [-0.25, -0.2) is 4.98 Å². The van der Waals surface area contributed by atoms with Crippen molar-refractivity contribution in [3.8, 4) is 5.19 Å². The molecule has 1 aromatic heterocycles. The Bertz CT molecular complexity index is 1010. The highest BCUT2D eigenvalue weighted by atomic mass is 32.2. The number of benzene rings is 2. The van der Waals surface area contributed by atoms with Gasteiger partial charge in [0.15, 0.2) is 0 Å². The highest BCUT2D eigenvalue weighted by Crippen LogP contribution is 2.34. The van der Waals surface area contributed by atoms with Crippen LogP contribution in [-0.2, 0) is 0 Å². The molecule has 0 saturated carbocycles. The standard InChI is InChI=1S/C24H28N2O2S2/c1-15(2)29-20-7-5-6-18(14-20)23(27)26-12-10-19(11-13-26)28-24-25-21-16(3)8-9-17(4)22(21)30-24/h5-9,14-15,19H,10-13H2,1-4H3. The number of nitrogens with zero attached hydrogens (tertiary/aromatic N) is 2. The predicted octanol–water partition coefficient (Wildman–Crippen LogP) is 6.10. The minimum Gasteiger partial charge on any atom is -0.467 e. The van der Waals surface area contributed by atoms with E-state index in [0.29, 0.717) is 18.3 Å². The summed E-state index contributed by atoms with van der Waals surface area (Å²) in [6.07, 6.45) is 1.78. The maximum absolute atomic E-state index is 13.0. The van der Waals surface area contributed by atoms with Crippen LogP contribution in [0.3, 0.4) is 0 Å². The number of aryl methyl sites for hydroxylation is 2. The summed E-state index contributed by atoms with van der Waals surface area (Å²) in [5, 5.41) is 1.24. The number of likely N-dealkylation sites (tertiary alicyclic amines) is 1. The van der Waals surface area contributed by atoms with Crippen molar-refractivity contribution < 1.29 is 9.53 Å². The zero-order chi connectivity index (χ0) is 21.3. The molecule has 0 spiro atoms. The molecule has 2 heterocycles. The fourth-order valence-electron chi connectivity index (χ4n) is 3.77. The van der Waals surface area contributed by atoms with E-state index in [1.165, 1.54) is 15.8 Å². The van der Waals surface area contributed by atoms with E-state index in [1.54, 1.807) is 23.1 Å². The van der Waals surface area contributed by atoms with Gasteiger partial charge in [-0.2, -0.15) is 0 Å². The van der Waals surface area contributed by atoms with Gasteiger partial charge in [0.2, 0.25) is 0 Å². The molecule has 0 unspecified atom stereocenters. The monoisotopic (exact) mass is 440 g/mol. The Kier molecular flexibility index (Phi) is 6.34. The summed E-state index contributed by atoms with van der Waals surface area (Å²) >= 11 is 3.41. The summed E-state index contributed by atoms with van der Waals surface area (Å²) in [5.74, 6) is 0.117. The first-order valence-electron chi connectivity index (χ1n) is 10.5. The number of thiazole rings is 1. The Morgan fingerprint density at radius 2 is 1.90 bits per heavy atom. The lowest BCUT2D eigenvalue weighted by Crippen LogP contribution is -2.41. The van der Waals surface area contributed by atoms with E-state index in [0.717, 1.165) is 34.0 Å². The van der Waals surface area contributed by atoms with Gasteiger partial charge in [0.25, 0.3) is 11.1 Å². The molecule has 1 amide bonds. The van der Waals surface area contributed by atoms with Crippen LogP contribution in [0, 0.1) is 13.8 Å². The minimum atomic E-state index is 0.109. The molecular weight excluding hydrogens is 412 g/mol. The highest BCUT2D eigenvalue weighted by Gasteiger charge is 2.26. The molecule has 158 valence electrons. The summed E-state index contributed by atoms with van der Waals surface area (Å²) < 4.78 is 7.42. The van der Waals surface area contributed by atoms with Crippen LogP contribution in [-0.4, -0.2) is 40.2 Å². The molecule has 6 heteroatoms. The molecule has 0 atom stereocenters. The van der Waals surface area contributed by atoms with Crippen LogP contribution in [0.2, 0.25) is 0 Å². The Morgan fingerprint density at radius 3 is 2.60 bits per heavy atom. The number of hydrogen-bond acceptors (Lipinski definition) is 5. The van der Waals surface area contributed by atoms with Crippen molar-refractivity contribution in [1.29, 1.82) is 0 Å². The largest absolute Gasteiger partial charge is 0.467 e.